The van der Waals surface area contributed by atoms with Crippen LogP contribution in [0.5, 0.6) is 0 Å². The summed E-state index contributed by atoms with van der Waals surface area (Å²) in [7, 11) is -3.30. The summed E-state index contributed by atoms with van der Waals surface area (Å²) in [5.41, 5.74) is 0. The van der Waals surface area contributed by atoms with Crippen LogP contribution in [0.4, 0.5) is 0 Å². The van der Waals surface area contributed by atoms with Gasteiger partial charge in [-0.2, -0.15) is 17.4 Å². The Balaban J connectivity index is 1.95. The van der Waals surface area contributed by atoms with Crippen LogP contribution in [0.2, 0.25) is 0 Å². The van der Waals surface area contributed by atoms with Crippen LogP contribution in [0.1, 0.15) is 45.4 Å². The first-order valence-corrected chi connectivity index (χ1v) is 9.05. The van der Waals surface area contributed by atoms with E-state index in [-0.39, 0.29) is 6.04 Å². The molecule has 5 nitrogen and oxygen atoms in total. The highest BCUT2D eigenvalue weighted by Crippen LogP contribution is 2.28. The normalized spacial score (nSPS) is 25.3. The van der Waals surface area contributed by atoms with Crippen LogP contribution in [0.25, 0.3) is 0 Å². The minimum Gasteiger partial charge on any atom is -0.314 e. The summed E-state index contributed by atoms with van der Waals surface area (Å²) in [5, 5.41) is 3.18. The molecule has 1 saturated carbocycles. The topological polar surface area (TPSA) is 61.4 Å². The van der Waals surface area contributed by atoms with E-state index in [2.05, 4.69) is 17.0 Å². The third-order valence-electron chi connectivity index (χ3n) is 4.37. The second-order valence-corrected chi connectivity index (χ2v) is 7.39. The van der Waals surface area contributed by atoms with Gasteiger partial charge in [-0.15, -0.1) is 0 Å². The number of nitrogens with zero attached hydrogens (tertiary/aromatic N) is 1. The Hall–Kier alpha value is -0.170. The number of piperazine rings is 1. The lowest BCUT2D eigenvalue weighted by Crippen LogP contribution is -2.53. The van der Waals surface area contributed by atoms with Crippen LogP contribution in [0.15, 0.2) is 0 Å². The molecule has 19 heavy (non-hydrogen) atoms. The Morgan fingerprint density at radius 2 is 1.84 bits per heavy atom. The van der Waals surface area contributed by atoms with Gasteiger partial charge in [-0.1, -0.05) is 26.2 Å². The van der Waals surface area contributed by atoms with Crippen molar-refractivity contribution in [3.8, 4) is 0 Å². The number of nitrogens with one attached hydrogen (secondary N) is 2. The Labute approximate surface area is 117 Å². The zero-order valence-electron chi connectivity index (χ0n) is 11.9. The molecule has 1 atom stereocenters. The SMILES string of the molecule is CCC(NS(=O)(=O)N1CCNCC1)C1CCCCC1. The van der Waals surface area contributed by atoms with E-state index in [0.29, 0.717) is 19.0 Å². The van der Waals surface area contributed by atoms with Crippen LogP contribution >= 0.6 is 0 Å². The van der Waals surface area contributed by atoms with Gasteiger partial charge >= 0.3 is 0 Å². The molecule has 1 aliphatic carbocycles. The van der Waals surface area contributed by atoms with Gasteiger partial charge in [0.25, 0.3) is 10.2 Å². The van der Waals surface area contributed by atoms with Gasteiger partial charge in [-0.05, 0) is 25.2 Å². The average Bonchev–Trinajstić information content (AvgIpc) is 2.47. The van der Waals surface area contributed by atoms with Crippen LogP contribution in [0.3, 0.4) is 0 Å². The van der Waals surface area contributed by atoms with E-state index >= 15 is 0 Å². The predicted octanol–water partition coefficient (Wildman–Crippen LogP) is 1.08. The summed E-state index contributed by atoms with van der Waals surface area (Å²) < 4.78 is 29.3. The molecule has 1 unspecified atom stereocenters. The van der Waals surface area contributed by atoms with Gasteiger partial charge in [0.2, 0.25) is 0 Å². The minimum atomic E-state index is -3.30. The molecule has 112 valence electrons. The highest BCUT2D eigenvalue weighted by molar-refractivity contribution is 7.87. The van der Waals surface area contributed by atoms with Crippen molar-refractivity contribution < 1.29 is 8.42 Å². The van der Waals surface area contributed by atoms with Crippen LogP contribution in [-0.4, -0.2) is 44.9 Å². The molecule has 2 fully saturated rings. The quantitative estimate of drug-likeness (QED) is 0.796. The molecule has 0 aromatic heterocycles. The lowest BCUT2D eigenvalue weighted by molar-refractivity contribution is 0.276. The van der Waals surface area contributed by atoms with Gasteiger partial charge in [-0.25, -0.2) is 0 Å². The van der Waals surface area contributed by atoms with Crippen molar-refractivity contribution in [1.82, 2.24) is 14.3 Å². The minimum absolute atomic E-state index is 0.111. The molecule has 0 radical (unpaired) electrons. The molecule has 2 rings (SSSR count). The Kier molecular flexibility index (Phi) is 5.62. The molecular formula is C13H27N3O2S. The van der Waals surface area contributed by atoms with E-state index in [9.17, 15) is 8.42 Å². The molecule has 0 bridgehead atoms. The summed E-state index contributed by atoms with van der Waals surface area (Å²) in [6, 6.07) is 0.111. The Bertz CT molecular complexity index is 360. The number of rotatable bonds is 5. The summed E-state index contributed by atoms with van der Waals surface area (Å²) in [5.74, 6) is 0.524. The van der Waals surface area contributed by atoms with Crippen molar-refractivity contribution in [3.63, 3.8) is 0 Å². The maximum absolute atomic E-state index is 12.4. The van der Waals surface area contributed by atoms with Gasteiger partial charge in [0.15, 0.2) is 0 Å². The number of hydrogen-bond acceptors (Lipinski definition) is 3. The first-order valence-electron chi connectivity index (χ1n) is 7.61. The van der Waals surface area contributed by atoms with E-state index in [1.165, 1.54) is 32.1 Å². The first kappa shape index (κ1) is 15.2. The Morgan fingerprint density at radius 1 is 1.21 bits per heavy atom. The molecule has 0 aromatic carbocycles. The molecular weight excluding hydrogens is 262 g/mol. The van der Waals surface area contributed by atoms with Crippen molar-refractivity contribution in [2.45, 2.75) is 51.5 Å². The fourth-order valence-electron chi connectivity index (χ4n) is 3.20. The van der Waals surface area contributed by atoms with E-state index < -0.39 is 10.2 Å². The summed E-state index contributed by atoms with van der Waals surface area (Å²) in [6.45, 7) is 4.74. The highest BCUT2D eigenvalue weighted by Gasteiger charge is 2.30. The van der Waals surface area contributed by atoms with E-state index in [4.69, 9.17) is 0 Å². The Morgan fingerprint density at radius 3 is 2.42 bits per heavy atom. The summed E-state index contributed by atoms with van der Waals surface area (Å²) in [4.78, 5) is 0. The summed E-state index contributed by atoms with van der Waals surface area (Å²) in [6.07, 6.45) is 7.02. The fourth-order valence-corrected chi connectivity index (χ4v) is 4.75. The largest absolute Gasteiger partial charge is 0.314 e. The van der Waals surface area contributed by atoms with Gasteiger partial charge in [0.05, 0.1) is 0 Å². The average molecular weight is 289 g/mol. The third-order valence-corrected chi connectivity index (χ3v) is 6.02. The molecule has 0 aromatic rings. The van der Waals surface area contributed by atoms with E-state index in [1.54, 1.807) is 4.31 Å². The second kappa shape index (κ2) is 7.02. The molecule has 2 N–H and O–H groups in total. The van der Waals surface area contributed by atoms with Gasteiger partial charge in [-0.3, -0.25) is 0 Å². The zero-order valence-corrected chi connectivity index (χ0v) is 12.7. The third kappa shape index (κ3) is 4.15. The van der Waals surface area contributed by atoms with Gasteiger partial charge in [0, 0.05) is 32.2 Å². The maximum atomic E-state index is 12.4. The second-order valence-electron chi connectivity index (χ2n) is 5.68. The fraction of sp³-hybridized carbons (Fsp3) is 1.00. The lowest BCUT2D eigenvalue weighted by Gasteiger charge is -2.33. The van der Waals surface area contributed by atoms with Gasteiger partial charge in [0.1, 0.15) is 0 Å². The van der Waals surface area contributed by atoms with Crippen molar-refractivity contribution in [1.29, 1.82) is 0 Å². The van der Waals surface area contributed by atoms with Crippen LogP contribution in [0, 0.1) is 5.92 Å². The maximum Gasteiger partial charge on any atom is 0.279 e. The lowest BCUT2D eigenvalue weighted by atomic mass is 9.83. The van der Waals surface area contributed by atoms with Crippen molar-refractivity contribution in [3.05, 3.63) is 0 Å². The summed E-state index contributed by atoms with van der Waals surface area (Å²) >= 11 is 0. The molecule has 0 amide bonds. The zero-order chi connectivity index (χ0) is 13.7. The van der Waals surface area contributed by atoms with Crippen molar-refractivity contribution >= 4 is 10.2 Å². The molecule has 1 saturated heterocycles. The van der Waals surface area contributed by atoms with Crippen molar-refractivity contribution in [2.75, 3.05) is 26.2 Å². The van der Waals surface area contributed by atoms with Crippen LogP contribution in [-0.2, 0) is 10.2 Å². The van der Waals surface area contributed by atoms with Gasteiger partial charge < -0.3 is 5.32 Å². The van der Waals surface area contributed by atoms with Crippen LogP contribution < -0.4 is 10.0 Å². The van der Waals surface area contributed by atoms with E-state index in [1.807, 2.05) is 0 Å². The molecule has 0 spiro atoms. The molecule has 1 heterocycles. The van der Waals surface area contributed by atoms with E-state index in [0.717, 1.165) is 19.5 Å². The number of hydrogen-bond donors (Lipinski definition) is 2. The predicted molar refractivity (Wildman–Crippen MR) is 77.2 cm³/mol. The monoisotopic (exact) mass is 289 g/mol. The molecule has 1 aliphatic heterocycles. The smallest absolute Gasteiger partial charge is 0.279 e. The highest BCUT2D eigenvalue weighted by atomic mass is 32.2. The molecule has 2 aliphatic rings. The van der Waals surface area contributed by atoms with Crippen molar-refractivity contribution in [2.24, 2.45) is 5.92 Å². The standard InChI is InChI=1S/C13H27N3O2S/c1-2-13(12-6-4-3-5-7-12)15-19(17,18)16-10-8-14-9-11-16/h12-15H,2-11H2,1H3. The molecule has 6 heteroatoms. The first-order chi connectivity index (χ1) is 9.13.